The molecule has 5 heteroatoms. The van der Waals surface area contributed by atoms with Crippen LogP contribution in [0.3, 0.4) is 0 Å². The number of nitrogens with zero attached hydrogens (tertiary/aromatic N) is 1. The fourth-order valence-corrected chi connectivity index (χ4v) is 3.44. The van der Waals surface area contributed by atoms with Crippen molar-refractivity contribution in [3.05, 3.63) is 69.7 Å². The molecule has 0 radical (unpaired) electrons. The average Bonchev–Trinajstić information content (AvgIpc) is 3.36. The van der Waals surface area contributed by atoms with Crippen molar-refractivity contribution in [1.29, 1.82) is 0 Å². The van der Waals surface area contributed by atoms with Gasteiger partial charge >= 0.3 is 0 Å². The molecule has 0 saturated heterocycles. The molecule has 0 N–H and O–H groups in total. The van der Waals surface area contributed by atoms with E-state index in [0.29, 0.717) is 5.56 Å². The summed E-state index contributed by atoms with van der Waals surface area (Å²) in [4.78, 5) is 14.3. The predicted molar refractivity (Wildman–Crippen MR) is 92.5 cm³/mol. The minimum atomic E-state index is -0.890. The molecule has 3 rings (SSSR count). The maximum atomic E-state index is 13.4. The molecule has 3 atom stereocenters. The van der Waals surface area contributed by atoms with Crippen LogP contribution in [0.5, 0.6) is 0 Å². The minimum absolute atomic E-state index is 0.0391. The Morgan fingerprint density at radius 3 is 2.62 bits per heavy atom. The van der Waals surface area contributed by atoms with Gasteiger partial charge in [0.2, 0.25) is 5.91 Å². The SMILES string of the molecule is CC(c1ccc(F)c(F)c1)N(C)C(=O)C1CC1c1cccc(Br)c1. The highest BCUT2D eigenvalue weighted by molar-refractivity contribution is 9.10. The zero-order valence-electron chi connectivity index (χ0n) is 13.5. The fraction of sp³-hybridized carbons (Fsp3) is 0.316. The van der Waals surface area contributed by atoms with Crippen molar-refractivity contribution >= 4 is 21.8 Å². The number of benzene rings is 2. The second-order valence-corrected chi connectivity index (χ2v) is 7.22. The molecule has 24 heavy (non-hydrogen) atoms. The zero-order chi connectivity index (χ0) is 17.4. The number of rotatable bonds is 4. The molecule has 0 aliphatic heterocycles. The summed E-state index contributed by atoms with van der Waals surface area (Å²) in [5.74, 6) is -1.54. The number of hydrogen-bond donors (Lipinski definition) is 0. The lowest BCUT2D eigenvalue weighted by molar-refractivity contribution is -0.133. The van der Waals surface area contributed by atoms with E-state index in [-0.39, 0.29) is 23.8 Å². The van der Waals surface area contributed by atoms with Crippen LogP contribution in [0.1, 0.15) is 36.4 Å². The number of carbonyl (C=O) groups excluding carboxylic acids is 1. The Labute approximate surface area is 148 Å². The van der Waals surface area contributed by atoms with Gasteiger partial charge in [0.15, 0.2) is 11.6 Å². The van der Waals surface area contributed by atoms with E-state index < -0.39 is 11.6 Å². The summed E-state index contributed by atoms with van der Waals surface area (Å²) in [6.07, 6.45) is 0.824. The van der Waals surface area contributed by atoms with E-state index in [9.17, 15) is 13.6 Å². The number of halogens is 3. The van der Waals surface area contributed by atoms with Gasteiger partial charge in [-0.15, -0.1) is 0 Å². The van der Waals surface area contributed by atoms with Crippen LogP contribution in [-0.2, 0) is 4.79 Å². The van der Waals surface area contributed by atoms with Crippen LogP contribution >= 0.6 is 15.9 Å². The molecular weight excluding hydrogens is 376 g/mol. The summed E-state index contributed by atoms with van der Waals surface area (Å²) in [5.41, 5.74) is 1.74. The van der Waals surface area contributed by atoms with E-state index in [1.807, 2.05) is 31.2 Å². The first-order chi connectivity index (χ1) is 11.4. The highest BCUT2D eigenvalue weighted by Gasteiger charge is 2.45. The van der Waals surface area contributed by atoms with Crippen LogP contribution in [-0.4, -0.2) is 17.9 Å². The molecule has 1 amide bonds. The molecule has 0 spiro atoms. The van der Waals surface area contributed by atoms with Crippen LogP contribution in [0.25, 0.3) is 0 Å². The van der Waals surface area contributed by atoms with Crippen LogP contribution in [0.4, 0.5) is 8.78 Å². The molecule has 126 valence electrons. The molecule has 0 bridgehead atoms. The van der Waals surface area contributed by atoms with E-state index >= 15 is 0 Å². The number of amides is 1. The fourth-order valence-electron chi connectivity index (χ4n) is 3.02. The third kappa shape index (κ3) is 3.36. The van der Waals surface area contributed by atoms with Crippen molar-refractivity contribution in [1.82, 2.24) is 4.90 Å². The van der Waals surface area contributed by atoms with Crippen LogP contribution in [0.15, 0.2) is 46.9 Å². The minimum Gasteiger partial charge on any atom is -0.339 e. The molecule has 1 fully saturated rings. The van der Waals surface area contributed by atoms with Gasteiger partial charge < -0.3 is 4.90 Å². The number of hydrogen-bond acceptors (Lipinski definition) is 1. The Kier molecular flexibility index (Phi) is 4.72. The quantitative estimate of drug-likeness (QED) is 0.711. The molecule has 1 aliphatic carbocycles. The third-order valence-corrected chi connectivity index (χ3v) is 5.23. The lowest BCUT2D eigenvalue weighted by atomic mass is 10.1. The first-order valence-corrected chi connectivity index (χ1v) is 8.65. The van der Waals surface area contributed by atoms with Crippen LogP contribution in [0.2, 0.25) is 0 Å². The Balaban J connectivity index is 1.70. The Bertz CT molecular complexity index is 780. The standard InChI is InChI=1S/C19H18BrF2NO/c1-11(12-6-7-17(21)18(22)9-12)23(2)19(24)16-10-15(16)13-4-3-5-14(20)8-13/h3-9,11,15-16H,10H2,1-2H3. The lowest BCUT2D eigenvalue weighted by Crippen LogP contribution is -2.31. The van der Waals surface area contributed by atoms with Crippen molar-refractivity contribution < 1.29 is 13.6 Å². The van der Waals surface area contributed by atoms with Gasteiger partial charge in [-0.1, -0.05) is 34.1 Å². The molecule has 3 unspecified atom stereocenters. The summed E-state index contributed by atoms with van der Waals surface area (Å²) >= 11 is 3.45. The molecule has 0 heterocycles. The van der Waals surface area contributed by atoms with Gasteiger partial charge in [0.1, 0.15) is 0 Å². The van der Waals surface area contributed by atoms with E-state index in [1.54, 1.807) is 11.9 Å². The highest BCUT2D eigenvalue weighted by Crippen LogP contribution is 2.49. The Hall–Kier alpha value is -1.75. The maximum Gasteiger partial charge on any atom is 0.226 e. The van der Waals surface area contributed by atoms with E-state index in [2.05, 4.69) is 15.9 Å². The highest BCUT2D eigenvalue weighted by atomic mass is 79.9. The summed E-state index contributed by atoms with van der Waals surface area (Å²) in [7, 11) is 1.71. The van der Waals surface area contributed by atoms with Gasteiger partial charge in [-0.05, 0) is 54.7 Å². The smallest absolute Gasteiger partial charge is 0.226 e. The van der Waals surface area contributed by atoms with Gasteiger partial charge in [0.05, 0.1) is 6.04 Å². The van der Waals surface area contributed by atoms with Gasteiger partial charge in [0, 0.05) is 17.4 Å². The van der Waals surface area contributed by atoms with E-state index in [1.165, 1.54) is 6.07 Å². The topological polar surface area (TPSA) is 20.3 Å². The predicted octanol–water partition coefficient (Wildman–Crippen LogP) is 5.05. The second kappa shape index (κ2) is 6.63. The van der Waals surface area contributed by atoms with Gasteiger partial charge in [-0.2, -0.15) is 0 Å². The molecule has 1 saturated carbocycles. The molecule has 2 aromatic carbocycles. The van der Waals surface area contributed by atoms with Crippen molar-refractivity contribution in [2.75, 3.05) is 7.05 Å². The summed E-state index contributed by atoms with van der Waals surface area (Å²) in [6, 6.07) is 11.5. The molecule has 0 aromatic heterocycles. The van der Waals surface area contributed by atoms with Gasteiger partial charge in [0.25, 0.3) is 0 Å². The summed E-state index contributed by atoms with van der Waals surface area (Å²) in [5, 5.41) is 0. The summed E-state index contributed by atoms with van der Waals surface area (Å²) < 4.78 is 27.5. The monoisotopic (exact) mass is 393 g/mol. The van der Waals surface area contributed by atoms with E-state index in [0.717, 1.165) is 28.6 Å². The van der Waals surface area contributed by atoms with Gasteiger partial charge in [-0.25, -0.2) is 8.78 Å². The average molecular weight is 394 g/mol. The third-order valence-electron chi connectivity index (χ3n) is 4.74. The maximum absolute atomic E-state index is 13.4. The normalized spacial score (nSPS) is 20.5. The molecular formula is C19H18BrF2NO. The van der Waals surface area contributed by atoms with Crippen molar-refractivity contribution in [2.45, 2.75) is 25.3 Å². The van der Waals surface area contributed by atoms with Crippen molar-refractivity contribution in [3.63, 3.8) is 0 Å². The van der Waals surface area contributed by atoms with Crippen molar-refractivity contribution in [3.8, 4) is 0 Å². The van der Waals surface area contributed by atoms with Crippen LogP contribution < -0.4 is 0 Å². The molecule has 1 aliphatic rings. The van der Waals surface area contributed by atoms with E-state index in [4.69, 9.17) is 0 Å². The Morgan fingerprint density at radius 1 is 1.21 bits per heavy atom. The Morgan fingerprint density at radius 2 is 1.96 bits per heavy atom. The first kappa shape index (κ1) is 17.1. The molecule has 2 aromatic rings. The zero-order valence-corrected chi connectivity index (χ0v) is 15.1. The lowest BCUT2D eigenvalue weighted by Gasteiger charge is -2.26. The molecule has 2 nitrogen and oxygen atoms in total. The summed E-state index contributed by atoms with van der Waals surface area (Å²) in [6.45, 7) is 1.82. The second-order valence-electron chi connectivity index (χ2n) is 6.30. The van der Waals surface area contributed by atoms with Crippen molar-refractivity contribution in [2.24, 2.45) is 5.92 Å². The number of carbonyl (C=O) groups is 1. The largest absolute Gasteiger partial charge is 0.339 e. The first-order valence-electron chi connectivity index (χ1n) is 7.85. The van der Waals surface area contributed by atoms with Crippen LogP contribution in [0, 0.1) is 17.6 Å². The van der Waals surface area contributed by atoms with Gasteiger partial charge in [-0.3, -0.25) is 4.79 Å².